The highest BCUT2D eigenvalue weighted by molar-refractivity contribution is 7.91. The van der Waals surface area contributed by atoms with E-state index < -0.39 is 34.2 Å². The van der Waals surface area contributed by atoms with E-state index in [1.54, 1.807) is 0 Å². The first kappa shape index (κ1) is 14.8. The minimum absolute atomic E-state index is 0.0339. The lowest BCUT2D eigenvalue weighted by Gasteiger charge is -2.19. The first-order valence-corrected chi connectivity index (χ1v) is 7.54. The Balaban J connectivity index is 2.58. The van der Waals surface area contributed by atoms with Gasteiger partial charge in [0.15, 0.2) is 9.84 Å². The Kier molecular flexibility index (Phi) is 4.83. The summed E-state index contributed by atoms with van der Waals surface area (Å²) in [6.07, 6.45) is -0.978. The SMILES string of the molecule is NCC(CS(=O)(=O)CC1CCCC1)C(F)(F)F. The van der Waals surface area contributed by atoms with E-state index in [2.05, 4.69) is 0 Å². The van der Waals surface area contributed by atoms with Crippen LogP contribution in [0.4, 0.5) is 13.2 Å². The molecule has 1 unspecified atom stereocenters. The van der Waals surface area contributed by atoms with Gasteiger partial charge in [0.1, 0.15) is 0 Å². The van der Waals surface area contributed by atoms with Gasteiger partial charge < -0.3 is 5.73 Å². The number of alkyl halides is 3. The van der Waals surface area contributed by atoms with Crippen LogP contribution < -0.4 is 5.73 Å². The van der Waals surface area contributed by atoms with E-state index in [0.29, 0.717) is 0 Å². The van der Waals surface area contributed by atoms with E-state index in [9.17, 15) is 21.6 Å². The normalized spacial score (nSPS) is 20.7. The van der Waals surface area contributed by atoms with Crippen LogP contribution in [-0.2, 0) is 9.84 Å². The Morgan fingerprint density at radius 3 is 2.18 bits per heavy atom. The highest BCUT2D eigenvalue weighted by atomic mass is 32.2. The number of sulfone groups is 1. The van der Waals surface area contributed by atoms with E-state index >= 15 is 0 Å². The van der Waals surface area contributed by atoms with Crippen molar-refractivity contribution in [2.45, 2.75) is 31.9 Å². The minimum Gasteiger partial charge on any atom is -0.330 e. The van der Waals surface area contributed by atoms with Gasteiger partial charge >= 0.3 is 6.18 Å². The van der Waals surface area contributed by atoms with Gasteiger partial charge in [-0.15, -0.1) is 0 Å². The Labute approximate surface area is 99.5 Å². The Hall–Kier alpha value is -0.300. The second kappa shape index (κ2) is 5.56. The van der Waals surface area contributed by atoms with Gasteiger partial charge in [-0.05, 0) is 18.8 Å². The fourth-order valence-electron chi connectivity index (χ4n) is 2.21. The fraction of sp³-hybridized carbons (Fsp3) is 1.00. The van der Waals surface area contributed by atoms with Crippen molar-refractivity contribution in [3.05, 3.63) is 0 Å². The van der Waals surface area contributed by atoms with Gasteiger partial charge in [0, 0.05) is 6.54 Å². The van der Waals surface area contributed by atoms with Crippen LogP contribution in [0, 0.1) is 11.8 Å². The topological polar surface area (TPSA) is 60.2 Å². The lowest BCUT2D eigenvalue weighted by molar-refractivity contribution is -0.165. The molecular formula is C10H18F3NO2S. The van der Waals surface area contributed by atoms with E-state index in [1.807, 2.05) is 0 Å². The Morgan fingerprint density at radius 2 is 1.76 bits per heavy atom. The van der Waals surface area contributed by atoms with Crippen LogP contribution in [0.15, 0.2) is 0 Å². The molecule has 0 aromatic carbocycles. The second-order valence-corrected chi connectivity index (χ2v) is 6.86. The summed E-state index contributed by atoms with van der Waals surface area (Å²) in [5.41, 5.74) is 4.99. The minimum atomic E-state index is -4.53. The molecule has 0 spiro atoms. The molecule has 0 saturated heterocycles. The third-order valence-corrected chi connectivity index (χ3v) is 5.06. The fourth-order valence-corrected chi connectivity index (χ4v) is 4.33. The molecule has 1 rings (SSSR count). The van der Waals surface area contributed by atoms with Crippen molar-refractivity contribution in [2.24, 2.45) is 17.6 Å². The first-order chi connectivity index (χ1) is 7.74. The van der Waals surface area contributed by atoms with Crippen molar-refractivity contribution in [3.63, 3.8) is 0 Å². The van der Waals surface area contributed by atoms with Crippen molar-refractivity contribution < 1.29 is 21.6 Å². The molecule has 1 aliphatic rings. The molecule has 1 atom stereocenters. The molecule has 0 aliphatic heterocycles. The average Bonchev–Trinajstić information content (AvgIpc) is 2.64. The molecule has 0 bridgehead atoms. The van der Waals surface area contributed by atoms with Crippen molar-refractivity contribution in [3.8, 4) is 0 Å². The zero-order valence-corrected chi connectivity index (χ0v) is 10.4. The number of hydrogen-bond acceptors (Lipinski definition) is 3. The van der Waals surface area contributed by atoms with Crippen molar-refractivity contribution in [2.75, 3.05) is 18.1 Å². The molecule has 2 N–H and O–H groups in total. The van der Waals surface area contributed by atoms with Crippen LogP contribution >= 0.6 is 0 Å². The molecule has 7 heteroatoms. The maximum absolute atomic E-state index is 12.4. The maximum Gasteiger partial charge on any atom is 0.393 e. The second-order valence-electron chi connectivity index (χ2n) is 4.70. The molecule has 0 aromatic heterocycles. The van der Waals surface area contributed by atoms with Crippen molar-refractivity contribution in [1.82, 2.24) is 0 Å². The largest absolute Gasteiger partial charge is 0.393 e. The predicted molar refractivity (Wildman–Crippen MR) is 59.2 cm³/mol. The zero-order chi connectivity index (χ0) is 13.1. The average molecular weight is 273 g/mol. The quantitative estimate of drug-likeness (QED) is 0.830. The highest BCUT2D eigenvalue weighted by Crippen LogP contribution is 2.30. The van der Waals surface area contributed by atoms with Crippen molar-refractivity contribution in [1.29, 1.82) is 0 Å². The van der Waals surface area contributed by atoms with Crippen molar-refractivity contribution >= 4 is 9.84 Å². The molecule has 0 amide bonds. The van der Waals surface area contributed by atoms with E-state index in [0.717, 1.165) is 25.7 Å². The van der Waals surface area contributed by atoms with E-state index in [1.165, 1.54) is 0 Å². The van der Waals surface area contributed by atoms with E-state index in [-0.39, 0.29) is 11.7 Å². The first-order valence-electron chi connectivity index (χ1n) is 5.72. The van der Waals surface area contributed by atoms with Gasteiger partial charge in [-0.25, -0.2) is 8.42 Å². The van der Waals surface area contributed by atoms with Crippen LogP contribution in [0.2, 0.25) is 0 Å². The van der Waals surface area contributed by atoms with Gasteiger partial charge in [-0.1, -0.05) is 12.8 Å². The molecule has 1 saturated carbocycles. The monoisotopic (exact) mass is 273 g/mol. The summed E-state index contributed by atoms with van der Waals surface area (Å²) in [6, 6.07) is 0. The number of hydrogen-bond donors (Lipinski definition) is 1. The smallest absolute Gasteiger partial charge is 0.330 e. The summed E-state index contributed by atoms with van der Waals surface area (Å²) >= 11 is 0. The van der Waals surface area contributed by atoms with E-state index in [4.69, 9.17) is 5.73 Å². The molecule has 3 nitrogen and oxygen atoms in total. The molecule has 0 radical (unpaired) electrons. The third kappa shape index (κ3) is 4.83. The highest BCUT2D eigenvalue weighted by Gasteiger charge is 2.41. The summed E-state index contributed by atoms with van der Waals surface area (Å²) in [7, 11) is -3.66. The van der Waals surface area contributed by atoms with Crippen LogP contribution in [0.5, 0.6) is 0 Å². The molecule has 0 aromatic rings. The summed E-state index contributed by atoms with van der Waals surface area (Å²) < 4.78 is 60.6. The number of rotatable bonds is 5. The van der Waals surface area contributed by atoms with Gasteiger partial charge in [0.2, 0.25) is 0 Å². The standard InChI is InChI=1S/C10H18F3NO2S/c11-10(12,13)9(5-14)7-17(15,16)6-8-3-1-2-4-8/h8-9H,1-7,14H2. The van der Waals surface area contributed by atoms with Gasteiger partial charge in [0.25, 0.3) is 0 Å². The Bertz CT molecular complexity index is 334. The van der Waals surface area contributed by atoms with Gasteiger partial charge in [-0.3, -0.25) is 0 Å². The summed E-state index contributed by atoms with van der Waals surface area (Å²) in [6.45, 7) is -0.673. The predicted octanol–water partition coefficient (Wildman–Crippen LogP) is 1.73. The zero-order valence-electron chi connectivity index (χ0n) is 9.54. The molecule has 0 heterocycles. The van der Waals surface area contributed by atoms with Gasteiger partial charge in [0.05, 0.1) is 17.4 Å². The van der Waals surface area contributed by atoms with Crippen LogP contribution in [0.1, 0.15) is 25.7 Å². The molecule has 1 fully saturated rings. The summed E-state index contributed by atoms with van der Waals surface area (Å²) in [4.78, 5) is 0. The Morgan fingerprint density at radius 1 is 1.24 bits per heavy atom. The maximum atomic E-state index is 12.4. The lowest BCUT2D eigenvalue weighted by atomic mass is 10.1. The lowest BCUT2D eigenvalue weighted by Crippen LogP contribution is -2.37. The number of nitrogens with two attached hydrogens (primary N) is 1. The molecule has 102 valence electrons. The van der Waals surface area contributed by atoms with Crippen LogP contribution in [0.25, 0.3) is 0 Å². The number of halogens is 3. The van der Waals surface area contributed by atoms with Crippen LogP contribution in [0.3, 0.4) is 0 Å². The van der Waals surface area contributed by atoms with Gasteiger partial charge in [-0.2, -0.15) is 13.2 Å². The van der Waals surface area contributed by atoms with Crippen LogP contribution in [-0.4, -0.2) is 32.6 Å². The summed E-state index contributed by atoms with van der Waals surface area (Å²) in [5.74, 6) is -2.90. The molecule has 1 aliphatic carbocycles. The molecular weight excluding hydrogens is 255 g/mol. The molecule has 17 heavy (non-hydrogen) atoms. The summed E-state index contributed by atoms with van der Waals surface area (Å²) in [5, 5.41) is 0. The third-order valence-electron chi connectivity index (χ3n) is 3.17.